The third-order valence-corrected chi connectivity index (χ3v) is 9.07. The number of H-pyrrole nitrogens is 1. The summed E-state index contributed by atoms with van der Waals surface area (Å²) in [6.45, 7) is 4.06. The summed E-state index contributed by atoms with van der Waals surface area (Å²) in [4.78, 5) is 19.4. The molecule has 35 heavy (non-hydrogen) atoms. The maximum Gasteiger partial charge on any atom is 0.253 e. The Morgan fingerprint density at radius 1 is 1.03 bits per heavy atom. The molecule has 2 saturated carbocycles. The van der Waals surface area contributed by atoms with Gasteiger partial charge in [0.2, 0.25) is 0 Å². The molecule has 3 aliphatic rings. The predicted molar refractivity (Wildman–Crippen MR) is 137 cm³/mol. The maximum absolute atomic E-state index is 13.7. The van der Waals surface area contributed by atoms with E-state index >= 15 is 0 Å². The summed E-state index contributed by atoms with van der Waals surface area (Å²) in [6, 6.07) is 8.43. The Balaban J connectivity index is 1.47. The number of aromatic nitrogens is 5. The summed E-state index contributed by atoms with van der Waals surface area (Å²) >= 11 is 0. The number of nitrogens with one attached hydrogen (secondary N) is 1. The zero-order valence-electron chi connectivity index (χ0n) is 21.0. The number of rotatable bonds is 4. The molecule has 7 heteroatoms. The lowest BCUT2D eigenvalue weighted by Crippen LogP contribution is -2.47. The Labute approximate surface area is 207 Å². The second kappa shape index (κ2) is 9.49. The Morgan fingerprint density at radius 3 is 2.63 bits per heavy atom. The van der Waals surface area contributed by atoms with Gasteiger partial charge in [-0.05, 0) is 84.9 Å². The lowest BCUT2D eigenvalue weighted by atomic mass is 9.69. The van der Waals surface area contributed by atoms with Gasteiger partial charge in [0.15, 0.2) is 5.82 Å². The largest absolute Gasteiger partial charge is 0.321 e. The number of aryl methyl sites for hydroxylation is 1. The van der Waals surface area contributed by atoms with E-state index in [4.69, 9.17) is 0 Å². The van der Waals surface area contributed by atoms with Crippen molar-refractivity contribution < 1.29 is 0 Å². The molecule has 1 spiro atoms. The SMILES string of the molecule is Cc1cccc2cc(C(c3nnnn3C3CCCCC3)N3CCCC4(CCCCC4)C3)c(=O)[nH]c12. The van der Waals surface area contributed by atoms with Gasteiger partial charge < -0.3 is 4.98 Å². The second-order valence-corrected chi connectivity index (χ2v) is 11.4. The molecule has 1 saturated heterocycles. The third kappa shape index (κ3) is 4.32. The van der Waals surface area contributed by atoms with Crippen molar-refractivity contribution in [1.82, 2.24) is 30.1 Å². The zero-order valence-corrected chi connectivity index (χ0v) is 21.0. The van der Waals surface area contributed by atoms with E-state index in [0.717, 1.165) is 53.8 Å². The van der Waals surface area contributed by atoms with Crippen molar-refractivity contribution in [1.29, 1.82) is 0 Å². The minimum Gasteiger partial charge on any atom is -0.321 e. The first-order chi connectivity index (χ1) is 17.1. The Kier molecular flexibility index (Phi) is 6.21. The highest BCUT2D eigenvalue weighted by Gasteiger charge is 2.41. The molecular weight excluding hydrogens is 436 g/mol. The monoisotopic (exact) mass is 474 g/mol. The van der Waals surface area contributed by atoms with Gasteiger partial charge >= 0.3 is 0 Å². The first-order valence-electron chi connectivity index (χ1n) is 13.8. The lowest BCUT2D eigenvalue weighted by Gasteiger charge is -2.47. The highest BCUT2D eigenvalue weighted by atomic mass is 16.1. The van der Waals surface area contributed by atoms with Crippen LogP contribution in [0.3, 0.4) is 0 Å². The number of aromatic amines is 1. The first-order valence-corrected chi connectivity index (χ1v) is 13.8. The summed E-state index contributed by atoms with van der Waals surface area (Å²) < 4.78 is 2.08. The number of tetrazole rings is 1. The number of fused-ring (bicyclic) bond motifs is 1. The van der Waals surface area contributed by atoms with E-state index < -0.39 is 0 Å². The van der Waals surface area contributed by atoms with E-state index in [1.807, 2.05) is 0 Å². The number of benzene rings is 1. The first kappa shape index (κ1) is 22.9. The molecule has 1 unspecified atom stereocenters. The minimum absolute atomic E-state index is 0.0155. The molecule has 0 bridgehead atoms. The third-order valence-electron chi connectivity index (χ3n) is 9.07. The van der Waals surface area contributed by atoms with Gasteiger partial charge in [-0.25, -0.2) is 4.68 Å². The van der Waals surface area contributed by atoms with Crippen LogP contribution in [0.4, 0.5) is 0 Å². The predicted octanol–water partition coefficient (Wildman–Crippen LogP) is 5.46. The molecule has 0 amide bonds. The minimum atomic E-state index is -0.223. The number of hydrogen-bond donors (Lipinski definition) is 1. The molecule has 1 aromatic carbocycles. The van der Waals surface area contributed by atoms with Gasteiger partial charge in [-0.15, -0.1) is 5.10 Å². The standard InChI is InChI=1S/C28H38N6O/c1-20-10-8-11-21-18-23(27(35)29-24(20)21)25(26-30-31-32-34(26)22-12-4-2-5-13-22)33-17-9-16-28(19-33)14-6-3-7-15-28/h8,10-11,18,22,25H,2-7,9,12-17,19H2,1H3,(H,29,35). The van der Waals surface area contributed by atoms with E-state index in [9.17, 15) is 4.79 Å². The molecule has 0 radical (unpaired) electrons. The van der Waals surface area contributed by atoms with Gasteiger partial charge in [-0.1, -0.05) is 56.7 Å². The van der Waals surface area contributed by atoms with Gasteiger partial charge in [0.25, 0.3) is 5.56 Å². The molecule has 2 aliphatic carbocycles. The quantitative estimate of drug-likeness (QED) is 0.543. The van der Waals surface area contributed by atoms with E-state index in [2.05, 4.69) is 61.3 Å². The van der Waals surface area contributed by atoms with Crippen LogP contribution < -0.4 is 5.56 Å². The van der Waals surface area contributed by atoms with Crippen LogP contribution >= 0.6 is 0 Å². The summed E-state index contributed by atoms with van der Waals surface area (Å²) in [5.41, 5.74) is 3.15. The maximum atomic E-state index is 13.7. The van der Waals surface area contributed by atoms with E-state index in [-0.39, 0.29) is 11.6 Å². The van der Waals surface area contributed by atoms with Crippen molar-refractivity contribution in [2.75, 3.05) is 13.1 Å². The van der Waals surface area contributed by atoms with Crippen molar-refractivity contribution >= 4 is 10.9 Å². The number of hydrogen-bond acceptors (Lipinski definition) is 5. The number of para-hydroxylation sites is 1. The molecule has 3 aromatic rings. The van der Waals surface area contributed by atoms with Crippen LogP contribution in [0.1, 0.15) is 106 Å². The van der Waals surface area contributed by atoms with Gasteiger partial charge in [0, 0.05) is 12.1 Å². The average Bonchev–Trinajstić information content (AvgIpc) is 3.36. The topological polar surface area (TPSA) is 79.7 Å². The van der Waals surface area contributed by atoms with Crippen LogP contribution in [-0.2, 0) is 0 Å². The number of nitrogens with zero attached hydrogens (tertiary/aromatic N) is 5. The summed E-state index contributed by atoms with van der Waals surface area (Å²) in [5, 5.41) is 14.4. The van der Waals surface area contributed by atoms with Crippen LogP contribution in [0, 0.1) is 12.3 Å². The molecule has 2 aromatic heterocycles. The van der Waals surface area contributed by atoms with Crippen molar-refractivity contribution in [3.63, 3.8) is 0 Å². The Bertz CT molecular complexity index is 1230. The molecule has 1 N–H and O–H groups in total. The van der Waals surface area contributed by atoms with Gasteiger partial charge in [-0.3, -0.25) is 9.69 Å². The van der Waals surface area contributed by atoms with Crippen molar-refractivity contribution in [2.24, 2.45) is 5.41 Å². The number of piperidine rings is 1. The van der Waals surface area contributed by atoms with Gasteiger partial charge in [-0.2, -0.15) is 0 Å². The fourth-order valence-corrected chi connectivity index (χ4v) is 7.25. The van der Waals surface area contributed by atoms with Crippen LogP contribution in [0.5, 0.6) is 0 Å². The average molecular weight is 475 g/mol. The van der Waals surface area contributed by atoms with Crippen LogP contribution in [-0.4, -0.2) is 43.2 Å². The van der Waals surface area contributed by atoms with Crippen molar-refractivity contribution in [2.45, 2.75) is 96.1 Å². The van der Waals surface area contributed by atoms with E-state index in [1.54, 1.807) is 0 Å². The second-order valence-electron chi connectivity index (χ2n) is 11.4. The van der Waals surface area contributed by atoms with E-state index in [0.29, 0.717) is 11.5 Å². The smallest absolute Gasteiger partial charge is 0.253 e. The summed E-state index contributed by atoms with van der Waals surface area (Å²) in [6.07, 6.45) is 15.0. The summed E-state index contributed by atoms with van der Waals surface area (Å²) in [5.74, 6) is 0.849. The van der Waals surface area contributed by atoms with Gasteiger partial charge in [0.05, 0.1) is 11.6 Å². The molecule has 7 nitrogen and oxygen atoms in total. The number of pyridine rings is 1. The van der Waals surface area contributed by atoms with Crippen LogP contribution in [0.15, 0.2) is 29.1 Å². The molecule has 1 atom stereocenters. The Morgan fingerprint density at radius 2 is 1.80 bits per heavy atom. The normalized spacial score (nSPS) is 22.5. The number of likely N-dealkylation sites (tertiary alicyclic amines) is 1. The molecule has 3 fully saturated rings. The molecule has 3 heterocycles. The van der Waals surface area contributed by atoms with Crippen LogP contribution in [0.25, 0.3) is 10.9 Å². The fraction of sp³-hybridized carbons (Fsp3) is 0.643. The molecule has 186 valence electrons. The van der Waals surface area contributed by atoms with Crippen LogP contribution in [0.2, 0.25) is 0 Å². The van der Waals surface area contributed by atoms with Crippen molar-refractivity contribution in [3.8, 4) is 0 Å². The lowest BCUT2D eigenvalue weighted by molar-refractivity contribution is 0.0332. The van der Waals surface area contributed by atoms with E-state index in [1.165, 1.54) is 64.2 Å². The highest BCUT2D eigenvalue weighted by Crippen LogP contribution is 2.46. The summed E-state index contributed by atoms with van der Waals surface area (Å²) in [7, 11) is 0. The highest BCUT2D eigenvalue weighted by molar-refractivity contribution is 5.82. The fourth-order valence-electron chi connectivity index (χ4n) is 7.25. The molecular formula is C28H38N6O. The van der Waals surface area contributed by atoms with Gasteiger partial charge in [0.1, 0.15) is 6.04 Å². The molecule has 6 rings (SSSR count). The zero-order chi connectivity index (χ0) is 23.8. The molecule has 1 aliphatic heterocycles. The van der Waals surface area contributed by atoms with Crippen molar-refractivity contribution in [3.05, 3.63) is 51.6 Å². The Hall–Kier alpha value is -2.54.